The summed E-state index contributed by atoms with van der Waals surface area (Å²) in [6, 6.07) is 6.06. The molecule has 1 aliphatic rings. The number of nitrogens with two attached hydrogens (primary N) is 1. The van der Waals surface area contributed by atoms with E-state index in [1.54, 1.807) is 12.1 Å². The van der Waals surface area contributed by atoms with Gasteiger partial charge in [-0.15, -0.1) is 0 Å². The third kappa shape index (κ3) is 5.03. The van der Waals surface area contributed by atoms with Crippen LogP contribution in [0.25, 0.3) is 0 Å². The molecule has 2 heterocycles. The Balaban J connectivity index is 1.37. The van der Waals surface area contributed by atoms with Crippen LogP contribution in [0.15, 0.2) is 22.7 Å². The van der Waals surface area contributed by atoms with Crippen LogP contribution in [0.1, 0.15) is 67.2 Å². The number of hydrogen-bond donors (Lipinski definition) is 1. The van der Waals surface area contributed by atoms with Gasteiger partial charge in [-0.1, -0.05) is 19.0 Å². The number of piperidine rings is 1. The van der Waals surface area contributed by atoms with Crippen LogP contribution >= 0.6 is 0 Å². The monoisotopic (exact) mass is 386 g/mol. The molecule has 2 N–H and O–H groups in total. The summed E-state index contributed by atoms with van der Waals surface area (Å²) in [5.74, 6) is 2.14. The first-order valence-electron chi connectivity index (χ1n) is 10.1. The quantitative estimate of drug-likeness (QED) is 0.696. The molecule has 1 aromatic carbocycles. The van der Waals surface area contributed by atoms with E-state index in [0.717, 1.165) is 55.9 Å². The molecule has 3 rings (SSSR count). The number of aromatic nitrogens is 2. The van der Waals surface area contributed by atoms with E-state index in [4.69, 9.17) is 15.0 Å². The minimum atomic E-state index is -0.406. The lowest BCUT2D eigenvalue weighted by molar-refractivity contribution is 0.0999. The van der Waals surface area contributed by atoms with Crippen molar-refractivity contribution in [2.75, 3.05) is 24.6 Å². The van der Waals surface area contributed by atoms with Crippen molar-refractivity contribution in [1.29, 1.82) is 0 Å². The summed E-state index contributed by atoms with van der Waals surface area (Å²) in [4.78, 5) is 18.0. The van der Waals surface area contributed by atoms with Gasteiger partial charge < -0.3 is 19.9 Å². The van der Waals surface area contributed by atoms with Crippen molar-refractivity contribution < 1.29 is 14.1 Å². The molecule has 7 heteroatoms. The maximum absolute atomic E-state index is 11.3. The van der Waals surface area contributed by atoms with E-state index in [1.807, 2.05) is 13.0 Å². The minimum Gasteiger partial charge on any atom is -0.494 e. The molecule has 0 aliphatic carbocycles. The summed E-state index contributed by atoms with van der Waals surface area (Å²) < 4.78 is 11.2. The number of amides is 1. The van der Waals surface area contributed by atoms with Crippen molar-refractivity contribution in [3.8, 4) is 5.75 Å². The van der Waals surface area contributed by atoms with E-state index in [-0.39, 0.29) is 5.92 Å². The molecule has 0 atom stereocenters. The first-order chi connectivity index (χ1) is 13.4. The highest BCUT2D eigenvalue weighted by atomic mass is 16.5. The van der Waals surface area contributed by atoms with Gasteiger partial charge in [0.05, 0.1) is 6.61 Å². The van der Waals surface area contributed by atoms with E-state index in [1.165, 1.54) is 0 Å². The number of nitrogens with zero attached hydrogens (tertiary/aromatic N) is 3. The van der Waals surface area contributed by atoms with E-state index in [0.29, 0.717) is 24.1 Å². The number of carbonyl (C=O) groups excluding carboxylic acids is 1. The highest BCUT2D eigenvalue weighted by molar-refractivity contribution is 5.94. The van der Waals surface area contributed by atoms with Gasteiger partial charge in [-0.2, -0.15) is 4.98 Å². The Bertz CT molecular complexity index is 795. The van der Waals surface area contributed by atoms with Gasteiger partial charge >= 0.3 is 6.01 Å². The normalized spacial score (nSPS) is 15.2. The maximum Gasteiger partial charge on any atom is 0.324 e. The zero-order valence-corrected chi connectivity index (χ0v) is 17.0. The number of primary amides is 1. The van der Waals surface area contributed by atoms with Gasteiger partial charge in [0.1, 0.15) is 5.75 Å². The summed E-state index contributed by atoms with van der Waals surface area (Å²) in [6.07, 6.45) is 4.42. The Hall–Kier alpha value is -2.57. The Kier molecular flexibility index (Phi) is 6.54. The fourth-order valence-electron chi connectivity index (χ4n) is 3.57. The number of ether oxygens (including phenoxy) is 1. The Morgan fingerprint density at radius 3 is 2.71 bits per heavy atom. The number of rotatable bonds is 8. The number of aryl methyl sites for hydroxylation is 1. The van der Waals surface area contributed by atoms with Crippen molar-refractivity contribution >= 4 is 11.9 Å². The standard InChI is InChI=1S/C21H30N4O3/c1-14(2)20-23-21(28-24-20)25-10-8-16(9-11-25)5-4-12-27-17-6-7-18(19(22)26)15(3)13-17/h6-7,13-14,16H,4-5,8-12H2,1-3H3,(H2,22,26). The van der Waals surface area contributed by atoms with E-state index < -0.39 is 5.91 Å². The van der Waals surface area contributed by atoms with Crippen molar-refractivity contribution in [2.45, 2.75) is 52.4 Å². The van der Waals surface area contributed by atoms with Crippen molar-refractivity contribution in [2.24, 2.45) is 11.7 Å². The Morgan fingerprint density at radius 1 is 1.36 bits per heavy atom. The molecule has 0 radical (unpaired) electrons. The molecule has 28 heavy (non-hydrogen) atoms. The first kappa shape index (κ1) is 20.2. The molecule has 1 fully saturated rings. The lowest BCUT2D eigenvalue weighted by Crippen LogP contribution is -2.34. The zero-order valence-electron chi connectivity index (χ0n) is 17.0. The minimum absolute atomic E-state index is 0.283. The predicted molar refractivity (Wildman–Crippen MR) is 108 cm³/mol. The van der Waals surface area contributed by atoms with Gasteiger partial charge in [0.15, 0.2) is 5.82 Å². The fourth-order valence-corrected chi connectivity index (χ4v) is 3.57. The number of carbonyl (C=O) groups is 1. The van der Waals surface area contributed by atoms with Crippen LogP contribution in [-0.2, 0) is 0 Å². The SMILES string of the molecule is Cc1cc(OCCCC2CCN(c3nc(C(C)C)no3)CC2)ccc1C(N)=O. The molecule has 1 amide bonds. The predicted octanol–water partition coefficient (Wildman–Crippen LogP) is 3.68. The largest absolute Gasteiger partial charge is 0.494 e. The number of anilines is 1. The number of hydrogen-bond acceptors (Lipinski definition) is 6. The van der Waals surface area contributed by atoms with E-state index in [2.05, 4.69) is 28.9 Å². The Labute approximate surface area is 166 Å². The molecule has 0 bridgehead atoms. The van der Waals surface area contributed by atoms with Crippen LogP contribution < -0.4 is 15.4 Å². The molecular weight excluding hydrogens is 356 g/mol. The highest BCUT2D eigenvalue weighted by Gasteiger charge is 2.23. The van der Waals surface area contributed by atoms with Gasteiger partial charge in [-0.05, 0) is 62.3 Å². The van der Waals surface area contributed by atoms with Gasteiger partial charge in [-0.3, -0.25) is 4.79 Å². The molecule has 1 aromatic heterocycles. The van der Waals surface area contributed by atoms with Crippen LogP contribution in [0.4, 0.5) is 6.01 Å². The van der Waals surface area contributed by atoms with Crippen molar-refractivity contribution in [3.05, 3.63) is 35.2 Å². The lowest BCUT2D eigenvalue weighted by atomic mass is 9.92. The summed E-state index contributed by atoms with van der Waals surface area (Å²) >= 11 is 0. The molecule has 152 valence electrons. The van der Waals surface area contributed by atoms with Crippen LogP contribution in [0.3, 0.4) is 0 Å². The molecule has 0 saturated carbocycles. The van der Waals surface area contributed by atoms with Gasteiger partial charge in [0.25, 0.3) is 0 Å². The number of benzene rings is 1. The molecule has 0 spiro atoms. The lowest BCUT2D eigenvalue weighted by Gasteiger charge is -2.30. The van der Waals surface area contributed by atoms with Crippen molar-refractivity contribution in [3.63, 3.8) is 0 Å². The average Bonchev–Trinajstić information content (AvgIpc) is 3.16. The topological polar surface area (TPSA) is 94.5 Å². The fraction of sp³-hybridized carbons (Fsp3) is 0.571. The summed E-state index contributed by atoms with van der Waals surface area (Å²) in [6.45, 7) is 8.59. The maximum atomic E-state index is 11.3. The highest BCUT2D eigenvalue weighted by Crippen LogP contribution is 2.26. The van der Waals surface area contributed by atoms with E-state index >= 15 is 0 Å². The van der Waals surface area contributed by atoms with Gasteiger partial charge in [0, 0.05) is 24.6 Å². The molecule has 0 unspecified atom stereocenters. The molecular formula is C21H30N4O3. The molecule has 2 aromatic rings. The second-order valence-electron chi connectivity index (χ2n) is 7.85. The van der Waals surface area contributed by atoms with Crippen LogP contribution in [0.2, 0.25) is 0 Å². The summed E-state index contributed by atoms with van der Waals surface area (Å²) in [5.41, 5.74) is 6.72. The third-order valence-corrected chi connectivity index (χ3v) is 5.32. The Morgan fingerprint density at radius 2 is 2.11 bits per heavy atom. The van der Waals surface area contributed by atoms with Crippen LogP contribution in [-0.4, -0.2) is 35.7 Å². The summed E-state index contributed by atoms with van der Waals surface area (Å²) in [7, 11) is 0. The molecule has 7 nitrogen and oxygen atoms in total. The van der Waals surface area contributed by atoms with Crippen LogP contribution in [0, 0.1) is 12.8 Å². The third-order valence-electron chi connectivity index (χ3n) is 5.32. The second-order valence-corrected chi connectivity index (χ2v) is 7.85. The van der Waals surface area contributed by atoms with Crippen molar-refractivity contribution in [1.82, 2.24) is 10.1 Å². The molecule has 1 saturated heterocycles. The smallest absolute Gasteiger partial charge is 0.324 e. The first-order valence-corrected chi connectivity index (χ1v) is 10.1. The molecule has 1 aliphatic heterocycles. The average molecular weight is 386 g/mol. The van der Waals surface area contributed by atoms with Gasteiger partial charge in [0.2, 0.25) is 5.91 Å². The van der Waals surface area contributed by atoms with Crippen LogP contribution in [0.5, 0.6) is 5.75 Å². The van der Waals surface area contributed by atoms with E-state index in [9.17, 15) is 4.79 Å². The zero-order chi connectivity index (χ0) is 20.1. The second kappa shape index (κ2) is 9.08. The van der Waals surface area contributed by atoms with Gasteiger partial charge in [-0.25, -0.2) is 0 Å². The summed E-state index contributed by atoms with van der Waals surface area (Å²) in [5, 5.41) is 4.05.